The topological polar surface area (TPSA) is 40.5 Å². The summed E-state index contributed by atoms with van der Waals surface area (Å²) in [5, 5.41) is 20.0. The molecule has 4 saturated carbocycles. The van der Waals surface area contributed by atoms with Crippen LogP contribution in [0.5, 0.6) is 0 Å². The molecule has 0 heterocycles. The van der Waals surface area contributed by atoms with Crippen molar-refractivity contribution in [2.75, 3.05) is 6.61 Å². The van der Waals surface area contributed by atoms with Crippen LogP contribution >= 0.6 is 0 Å². The maximum Gasteiger partial charge on any atom is 0.0543 e. The fraction of sp³-hybridized carbons (Fsp3) is 1.00. The van der Waals surface area contributed by atoms with Gasteiger partial charge >= 0.3 is 0 Å². The smallest absolute Gasteiger partial charge is 0.0543 e. The van der Waals surface area contributed by atoms with Crippen LogP contribution in [-0.4, -0.2) is 22.9 Å². The molecule has 4 aliphatic carbocycles. The van der Waals surface area contributed by atoms with E-state index in [0.717, 1.165) is 48.3 Å². The predicted molar refractivity (Wildman–Crippen MR) is 102 cm³/mol. The highest BCUT2D eigenvalue weighted by Gasteiger charge is 2.61. The lowest BCUT2D eigenvalue weighted by molar-refractivity contribution is -0.149. The first-order chi connectivity index (χ1) is 11.8. The Balaban J connectivity index is 1.62. The predicted octanol–water partition coefficient (Wildman–Crippen LogP) is 4.88. The average molecular weight is 349 g/mol. The number of rotatable bonds is 2. The fourth-order valence-corrected chi connectivity index (χ4v) is 8.82. The SMILES string of the molecule is C[C@H](CO)[C@H]1CCC2C3C[C@H](C)[C@@H]4C[C@H](O)CC[C@]4(C)C3CC[C@@]21C. The van der Waals surface area contributed by atoms with Crippen molar-refractivity contribution >= 4 is 0 Å². The first-order valence-corrected chi connectivity index (χ1v) is 11.1. The lowest BCUT2D eigenvalue weighted by atomic mass is 9.42. The molecule has 0 amide bonds. The van der Waals surface area contributed by atoms with Gasteiger partial charge < -0.3 is 10.2 Å². The quantitative estimate of drug-likeness (QED) is 0.746. The van der Waals surface area contributed by atoms with Crippen molar-refractivity contribution in [1.82, 2.24) is 0 Å². The zero-order chi connectivity index (χ0) is 18.0. The van der Waals surface area contributed by atoms with E-state index in [-0.39, 0.29) is 6.10 Å². The van der Waals surface area contributed by atoms with Gasteiger partial charge in [-0.05, 0) is 104 Å². The molecule has 4 fully saturated rings. The van der Waals surface area contributed by atoms with Crippen LogP contribution < -0.4 is 0 Å². The Hall–Kier alpha value is -0.0800. The number of fused-ring (bicyclic) bond motifs is 5. The minimum absolute atomic E-state index is 0.0489. The molecule has 2 N–H and O–H groups in total. The summed E-state index contributed by atoms with van der Waals surface area (Å²) in [5.41, 5.74) is 0.921. The monoisotopic (exact) mass is 348 g/mol. The van der Waals surface area contributed by atoms with E-state index in [4.69, 9.17) is 0 Å². The highest BCUT2D eigenvalue weighted by Crippen LogP contribution is 2.69. The van der Waals surface area contributed by atoms with Crippen LogP contribution in [0.3, 0.4) is 0 Å². The molecule has 4 rings (SSSR count). The first-order valence-electron chi connectivity index (χ1n) is 11.1. The summed E-state index contributed by atoms with van der Waals surface area (Å²) in [6.07, 6.45) is 10.1. The maximum atomic E-state index is 10.3. The van der Waals surface area contributed by atoms with Gasteiger partial charge in [-0.1, -0.05) is 27.7 Å². The van der Waals surface area contributed by atoms with E-state index in [1.165, 1.54) is 38.5 Å². The summed E-state index contributed by atoms with van der Waals surface area (Å²) in [6.45, 7) is 10.3. The zero-order valence-corrected chi connectivity index (χ0v) is 16.9. The van der Waals surface area contributed by atoms with Gasteiger partial charge in [0.2, 0.25) is 0 Å². The molecular weight excluding hydrogens is 308 g/mol. The number of aliphatic hydroxyl groups is 2. The van der Waals surface area contributed by atoms with Crippen molar-refractivity contribution in [3.8, 4) is 0 Å². The Morgan fingerprint density at radius 1 is 0.920 bits per heavy atom. The third-order valence-electron chi connectivity index (χ3n) is 10.1. The van der Waals surface area contributed by atoms with Gasteiger partial charge in [0.25, 0.3) is 0 Å². The molecule has 0 aliphatic heterocycles. The van der Waals surface area contributed by atoms with Gasteiger partial charge in [-0.3, -0.25) is 0 Å². The molecule has 0 spiro atoms. The maximum absolute atomic E-state index is 10.3. The lowest BCUT2D eigenvalue weighted by Crippen LogP contribution is -2.56. The number of hydrogen-bond donors (Lipinski definition) is 2. The van der Waals surface area contributed by atoms with E-state index < -0.39 is 0 Å². The highest BCUT2D eigenvalue weighted by molar-refractivity contribution is 5.10. The first kappa shape index (κ1) is 18.3. The average Bonchev–Trinajstić information content (AvgIpc) is 2.93. The van der Waals surface area contributed by atoms with Crippen molar-refractivity contribution in [2.24, 2.45) is 52.3 Å². The van der Waals surface area contributed by atoms with Crippen molar-refractivity contribution in [2.45, 2.75) is 85.2 Å². The van der Waals surface area contributed by atoms with Gasteiger partial charge in [-0.2, -0.15) is 0 Å². The lowest BCUT2D eigenvalue weighted by Gasteiger charge is -2.63. The molecule has 3 unspecified atom stereocenters. The molecule has 2 nitrogen and oxygen atoms in total. The third-order valence-corrected chi connectivity index (χ3v) is 10.1. The second kappa shape index (κ2) is 6.23. The molecule has 0 aromatic heterocycles. The van der Waals surface area contributed by atoms with Gasteiger partial charge in [0.1, 0.15) is 0 Å². The Kier molecular flexibility index (Phi) is 4.56. The Morgan fingerprint density at radius 2 is 1.60 bits per heavy atom. The highest BCUT2D eigenvalue weighted by atomic mass is 16.3. The van der Waals surface area contributed by atoms with E-state index in [1.807, 2.05) is 0 Å². The Morgan fingerprint density at radius 3 is 2.32 bits per heavy atom. The van der Waals surface area contributed by atoms with E-state index in [2.05, 4.69) is 27.7 Å². The zero-order valence-electron chi connectivity index (χ0n) is 16.9. The minimum atomic E-state index is -0.0489. The normalized spacial score (nSPS) is 56.6. The van der Waals surface area contributed by atoms with Crippen molar-refractivity contribution in [3.05, 3.63) is 0 Å². The molecule has 0 saturated heterocycles. The summed E-state index contributed by atoms with van der Waals surface area (Å²) >= 11 is 0. The van der Waals surface area contributed by atoms with E-state index >= 15 is 0 Å². The summed E-state index contributed by atoms with van der Waals surface area (Å²) in [4.78, 5) is 0. The van der Waals surface area contributed by atoms with Crippen molar-refractivity contribution in [1.29, 1.82) is 0 Å². The molecule has 0 bridgehead atoms. The van der Waals surface area contributed by atoms with Crippen molar-refractivity contribution in [3.63, 3.8) is 0 Å². The molecular formula is C23H40O2. The second-order valence-corrected chi connectivity index (χ2v) is 11.0. The van der Waals surface area contributed by atoms with Gasteiger partial charge in [0.15, 0.2) is 0 Å². The van der Waals surface area contributed by atoms with Crippen LogP contribution in [0, 0.1) is 52.3 Å². The number of hydrogen-bond acceptors (Lipinski definition) is 2. The summed E-state index contributed by atoms with van der Waals surface area (Å²) < 4.78 is 0. The molecule has 25 heavy (non-hydrogen) atoms. The van der Waals surface area contributed by atoms with Gasteiger partial charge in [-0.15, -0.1) is 0 Å². The van der Waals surface area contributed by atoms with Gasteiger partial charge in [0.05, 0.1) is 6.10 Å². The van der Waals surface area contributed by atoms with Crippen LogP contribution in [-0.2, 0) is 0 Å². The summed E-state index contributed by atoms with van der Waals surface area (Å²) in [6, 6.07) is 0. The van der Waals surface area contributed by atoms with Crippen LogP contribution in [0.15, 0.2) is 0 Å². The Labute approximate surface area is 154 Å². The van der Waals surface area contributed by atoms with Crippen LogP contribution in [0.4, 0.5) is 0 Å². The van der Waals surface area contributed by atoms with Crippen molar-refractivity contribution < 1.29 is 10.2 Å². The second-order valence-electron chi connectivity index (χ2n) is 11.0. The number of aliphatic hydroxyl groups excluding tert-OH is 2. The van der Waals surface area contributed by atoms with Crippen LogP contribution in [0.1, 0.15) is 79.1 Å². The molecule has 144 valence electrons. The van der Waals surface area contributed by atoms with Gasteiger partial charge in [0, 0.05) is 6.61 Å². The molecule has 4 aliphatic rings. The van der Waals surface area contributed by atoms with E-state index in [1.54, 1.807) is 0 Å². The molecule has 10 atom stereocenters. The van der Waals surface area contributed by atoms with Crippen LogP contribution in [0.2, 0.25) is 0 Å². The molecule has 2 heteroatoms. The Bertz CT molecular complexity index is 504. The van der Waals surface area contributed by atoms with E-state index in [0.29, 0.717) is 23.4 Å². The molecule has 0 aromatic carbocycles. The molecule has 0 radical (unpaired) electrons. The minimum Gasteiger partial charge on any atom is -0.396 e. The van der Waals surface area contributed by atoms with Crippen LogP contribution in [0.25, 0.3) is 0 Å². The third kappa shape index (κ3) is 2.57. The van der Waals surface area contributed by atoms with Gasteiger partial charge in [-0.25, -0.2) is 0 Å². The summed E-state index contributed by atoms with van der Waals surface area (Å²) in [7, 11) is 0. The molecule has 0 aromatic rings. The largest absolute Gasteiger partial charge is 0.396 e. The fourth-order valence-electron chi connectivity index (χ4n) is 8.82. The summed E-state index contributed by atoms with van der Waals surface area (Å²) in [5.74, 6) is 5.31. The standard InChI is InChI=1S/C23H40O2/c1-14-11-17-19-6-5-18(15(2)13-24)22(19,3)10-8-20(17)23(4)9-7-16(25)12-21(14)23/h14-21,24-25H,5-13H2,1-4H3/t14-,15+,16+,17?,18+,19?,20?,21-,22+,23+/m0/s1. The van der Waals surface area contributed by atoms with E-state index in [9.17, 15) is 10.2 Å².